The molecule has 176 valence electrons. The van der Waals surface area contributed by atoms with E-state index in [9.17, 15) is 8.42 Å². The number of nitrogens with zero attached hydrogens (tertiary/aromatic N) is 2. The van der Waals surface area contributed by atoms with Crippen molar-refractivity contribution in [3.8, 4) is 5.75 Å². The monoisotopic (exact) mass is 596 g/mol. The number of pyridine rings is 1. The van der Waals surface area contributed by atoms with Gasteiger partial charge in [0.1, 0.15) is 0 Å². The summed E-state index contributed by atoms with van der Waals surface area (Å²) in [5.74, 6) is 0.390. The normalized spacial score (nSPS) is 12.1. The molecular weight excluding hydrogens is 569 g/mol. The van der Waals surface area contributed by atoms with Crippen LogP contribution in [-0.4, -0.2) is 28.9 Å². The Morgan fingerprint density at radius 3 is 2.73 bits per heavy atom. The van der Waals surface area contributed by atoms with E-state index in [1.807, 2.05) is 43.6 Å². The number of unbranched alkanes of at least 4 members (excludes halogenated alkanes) is 2. The van der Waals surface area contributed by atoms with Crippen LogP contribution in [0.1, 0.15) is 40.0 Å². The van der Waals surface area contributed by atoms with E-state index >= 15 is 0 Å². The Morgan fingerprint density at radius 2 is 1.94 bits per heavy atom. The van der Waals surface area contributed by atoms with E-state index in [1.165, 1.54) is 0 Å². The van der Waals surface area contributed by atoms with Gasteiger partial charge < -0.3 is 0 Å². The van der Waals surface area contributed by atoms with Crippen molar-refractivity contribution in [2.24, 2.45) is 0 Å². The van der Waals surface area contributed by atoms with Gasteiger partial charge in [-0.2, -0.15) is 0 Å². The minimum atomic E-state index is -3.40. The summed E-state index contributed by atoms with van der Waals surface area (Å²) < 4.78 is 34.5. The van der Waals surface area contributed by atoms with E-state index in [-0.39, 0.29) is 11.0 Å². The third kappa shape index (κ3) is 5.75. The second-order valence-electron chi connectivity index (χ2n) is 7.94. The van der Waals surface area contributed by atoms with Crippen LogP contribution in [-0.2, 0) is 7.01 Å². The fourth-order valence-corrected chi connectivity index (χ4v) is 10.4. The zero-order valence-electron chi connectivity index (χ0n) is 18.8. The van der Waals surface area contributed by atoms with Crippen LogP contribution in [0.2, 0.25) is 0 Å². The van der Waals surface area contributed by atoms with Crippen LogP contribution in [0.25, 0.3) is 21.1 Å². The quantitative estimate of drug-likeness (QED) is 0.131. The van der Waals surface area contributed by atoms with Crippen molar-refractivity contribution in [2.45, 2.75) is 51.0 Å². The Hall–Kier alpha value is -1.98. The van der Waals surface area contributed by atoms with Gasteiger partial charge in [0.2, 0.25) is 0 Å². The molecule has 0 aliphatic rings. The van der Waals surface area contributed by atoms with Crippen molar-refractivity contribution in [3.05, 3.63) is 48.1 Å². The second-order valence-corrected chi connectivity index (χ2v) is 16.8. The van der Waals surface area contributed by atoms with Crippen LogP contribution in [0, 0.1) is 0 Å². The number of ether oxygens (including phenoxy) is 1. The number of rotatable bonds is 10. The molecule has 0 radical (unpaired) electrons. The number of halogens is 1. The molecule has 0 amide bonds. The number of hydrogen-bond acceptors (Lipinski definition) is 7. The molecule has 0 saturated carbocycles. The van der Waals surface area contributed by atoms with Crippen molar-refractivity contribution in [1.82, 2.24) is 9.97 Å². The van der Waals surface area contributed by atoms with Crippen LogP contribution in [0.3, 0.4) is 0 Å². The zero-order valence-corrected chi connectivity index (χ0v) is 22.6. The molecule has 0 spiro atoms. The van der Waals surface area contributed by atoms with Crippen molar-refractivity contribution in [1.29, 1.82) is 0 Å². The van der Waals surface area contributed by atoms with Crippen LogP contribution in [0.15, 0.2) is 53.0 Å². The van der Waals surface area contributed by atoms with Gasteiger partial charge in [0, 0.05) is 0 Å². The Bertz CT molecular complexity index is 1370. The molecule has 4 rings (SSSR count). The predicted molar refractivity (Wildman–Crippen MR) is 132 cm³/mol. The van der Waals surface area contributed by atoms with Crippen LogP contribution in [0.4, 0.5) is 11.4 Å². The average Bonchev–Trinajstić information content (AvgIpc) is 3.24. The molecule has 1 N–H and O–H groups in total. The number of benzene rings is 2. The molecular formula is C24H27IN3O3S2-. The molecule has 0 bridgehead atoms. The third-order valence-electron chi connectivity index (χ3n) is 5.00. The molecule has 0 fully saturated rings. The molecule has 0 saturated heterocycles. The first-order chi connectivity index (χ1) is 15.9. The number of anilines is 2. The van der Waals surface area contributed by atoms with Crippen LogP contribution in [0.5, 0.6) is 5.75 Å². The number of hydrogen-bond donors (Lipinski definition) is 1. The van der Waals surface area contributed by atoms with Gasteiger partial charge in [-0.3, -0.25) is 0 Å². The summed E-state index contributed by atoms with van der Waals surface area (Å²) in [6, 6.07) is 11.4. The van der Waals surface area contributed by atoms with Gasteiger partial charge >= 0.3 is 208 Å². The van der Waals surface area contributed by atoms with E-state index in [4.69, 9.17) is 4.74 Å². The molecule has 33 heavy (non-hydrogen) atoms. The average molecular weight is 597 g/mol. The minimum absolute atomic E-state index is 0.138. The summed E-state index contributed by atoms with van der Waals surface area (Å²) >= 11 is 0.557. The Labute approximate surface area is 207 Å². The zero-order chi connectivity index (χ0) is 23.4. The summed E-state index contributed by atoms with van der Waals surface area (Å²) in [7, 11) is -3.40. The second kappa shape index (κ2) is 10.5. The number of aromatic nitrogens is 2. The Morgan fingerprint density at radius 1 is 1.09 bits per heavy atom. The summed E-state index contributed by atoms with van der Waals surface area (Å²) in [6.07, 6.45) is 4.67. The number of alkyl halides is 1. The van der Waals surface area contributed by atoms with Crippen molar-refractivity contribution in [3.63, 3.8) is 0 Å². The topological polar surface area (TPSA) is 81.2 Å². The molecule has 2 aromatic heterocycles. The molecule has 4 aromatic rings. The third-order valence-corrected chi connectivity index (χ3v) is 13.1. The van der Waals surface area contributed by atoms with Gasteiger partial charge in [-0.15, -0.1) is 0 Å². The summed E-state index contributed by atoms with van der Waals surface area (Å²) in [6.45, 7) is 5.92. The van der Waals surface area contributed by atoms with Crippen LogP contribution >= 0.6 is 11.3 Å². The SMILES string of the molecule is CCCCC[I-]S(=O)(=O)c1cc2c(Nc3ccc4scnc4c3)ccnc2cc1OC(C)C. The fraction of sp³-hybridized carbons (Fsp3) is 0.333. The predicted octanol–water partition coefficient (Wildman–Crippen LogP) is 3.34. The van der Waals surface area contributed by atoms with Gasteiger partial charge in [-0.05, 0) is 0 Å². The van der Waals surface area contributed by atoms with E-state index in [0.717, 1.165) is 50.7 Å². The summed E-state index contributed by atoms with van der Waals surface area (Å²) in [5.41, 5.74) is 5.13. The standard InChI is InChI=1S/C24H27IN3O3S2/c1-4-5-6-10-25-33(29,30)24-13-18-19(9-11-26-20(18)14-22(24)31-16(2)3)28-17-7-8-23-21(12-17)27-15-32-23/h7-9,11-16H,4-6,10H2,1-3H3,(H,26,28)/q-1. The molecule has 0 atom stereocenters. The molecule has 0 aliphatic carbocycles. The molecule has 0 unspecified atom stereocenters. The maximum atomic E-state index is 13.3. The molecule has 2 heterocycles. The van der Waals surface area contributed by atoms with E-state index in [2.05, 4.69) is 22.2 Å². The van der Waals surface area contributed by atoms with Crippen molar-refractivity contribution >= 4 is 50.8 Å². The summed E-state index contributed by atoms with van der Waals surface area (Å²) in [4.78, 5) is 9.15. The molecule has 6 nitrogen and oxygen atoms in total. The molecule has 2 aromatic carbocycles. The molecule has 9 heteroatoms. The first-order valence-corrected chi connectivity index (χ1v) is 17.4. The first kappa shape index (κ1) is 24.2. The van der Waals surface area contributed by atoms with Gasteiger partial charge in [0.25, 0.3) is 0 Å². The maximum absolute atomic E-state index is 13.3. The Balaban J connectivity index is 1.75. The van der Waals surface area contributed by atoms with Gasteiger partial charge in [0.05, 0.1) is 0 Å². The number of thiazole rings is 1. The van der Waals surface area contributed by atoms with E-state index in [0.29, 0.717) is 11.3 Å². The number of fused-ring (bicyclic) bond motifs is 2. The number of nitrogens with one attached hydrogen (secondary N) is 1. The fourth-order valence-electron chi connectivity index (χ4n) is 3.45. The summed E-state index contributed by atoms with van der Waals surface area (Å²) in [5, 5.41) is 4.18. The van der Waals surface area contributed by atoms with Gasteiger partial charge in [-0.1, -0.05) is 0 Å². The van der Waals surface area contributed by atoms with Gasteiger partial charge in [-0.25, -0.2) is 0 Å². The van der Waals surface area contributed by atoms with Crippen LogP contribution < -0.4 is 29.9 Å². The van der Waals surface area contributed by atoms with Gasteiger partial charge in [0.15, 0.2) is 0 Å². The van der Waals surface area contributed by atoms with Crippen molar-refractivity contribution < 1.29 is 33.0 Å². The Kier molecular flexibility index (Phi) is 7.70. The first-order valence-electron chi connectivity index (χ1n) is 10.9. The molecule has 0 aliphatic heterocycles. The van der Waals surface area contributed by atoms with Crippen molar-refractivity contribution in [2.75, 3.05) is 9.74 Å². The van der Waals surface area contributed by atoms with E-state index in [1.54, 1.807) is 29.7 Å². The van der Waals surface area contributed by atoms with E-state index < -0.39 is 26.8 Å².